The molecule has 2 aliphatic carbocycles. The molecule has 2 bridgehead atoms. The van der Waals surface area contributed by atoms with Crippen molar-refractivity contribution in [3.05, 3.63) is 178 Å². The highest BCUT2D eigenvalue weighted by Gasteiger charge is 2.45. The number of aryl methyl sites for hydroxylation is 2. The molecule has 0 radical (unpaired) electrons. The molecule has 14 rings (SSSR count). The predicted molar refractivity (Wildman–Crippen MR) is 385 cm³/mol. The fourth-order valence-electron chi connectivity index (χ4n) is 12.1. The largest absolute Gasteiger partial charge is 0.465 e. The topological polar surface area (TPSA) is 52.6 Å². The smallest absolute Gasteiger partial charge is 0.305 e. The van der Waals surface area contributed by atoms with Crippen LogP contribution in [0, 0.1) is 23.7 Å². The minimum absolute atomic E-state index is 0.109. The van der Waals surface area contributed by atoms with Gasteiger partial charge in [-0.15, -0.1) is 136 Å². The van der Waals surface area contributed by atoms with Crippen LogP contribution in [0.4, 0.5) is 0 Å². The van der Waals surface area contributed by atoms with E-state index in [2.05, 4.69) is 167 Å². The fraction of sp³-hybridized carbons (Fsp3) is 0.268. The first-order valence-electron chi connectivity index (χ1n) is 29.9. The first kappa shape index (κ1) is 59.7. The zero-order valence-electron chi connectivity index (χ0n) is 47.6. The summed E-state index contributed by atoms with van der Waals surface area (Å²) in [5, 5.41) is 8.61. The molecule has 0 aliphatic heterocycles. The molecule has 12 heterocycles. The SMILES string of the molecule is O=C(CCCCCCc1cc(-c2ccc(-c3cccs3)s2)sc1-c1ccc(-c2ccc(-c3cccs3)s2)s1)OC[C@@H]1[C@H](COC(=O)CCCCCCc2cc(-c3ccc(-c4cccs4)s3)sc2-c2ccc(-c3ccc(-c4cccs4)s3)s2)[C@@H]2C=C[C@H]1C2. The zero-order chi connectivity index (χ0) is 58.5. The molecule has 87 heavy (non-hydrogen) atoms. The van der Waals surface area contributed by atoms with Crippen molar-refractivity contribution in [1.82, 2.24) is 0 Å². The minimum Gasteiger partial charge on any atom is -0.465 e. The number of fused-ring (bicyclic) bond motifs is 2. The second-order valence-electron chi connectivity index (χ2n) is 22.3. The number of unbranched alkanes of at least 4 members (excludes halogenated alkanes) is 6. The quantitative estimate of drug-likeness (QED) is 0.0279. The fourth-order valence-corrected chi connectivity index (χ4v) is 24.5. The first-order chi connectivity index (χ1) is 42.9. The summed E-state index contributed by atoms with van der Waals surface area (Å²) in [6, 6.07) is 49.7. The van der Waals surface area contributed by atoms with E-state index in [1.807, 2.05) is 90.7 Å². The Balaban J connectivity index is 0.525. The molecule has 1 saturated carbocycles. The second kappa shape index (κ2) is 28.1. The number of ether oxygens (including phenoxy) is 2. The van der Waals surface area contributed by atoms with Crippen molar-refractivity contribution >= 4 is 148 Å². The Kier molecular flexibility index (Phi) is 19.3. The van der Waals surface area contributed by atoms with E-state index < -0.39 is 0 Å². The van der Waals surface area contributed by atoms with Crippen LogP contribution >= 0.6 is 136 Å². The zero-order valence-corrected chi connectivity index (χ0v) is 57.4. The van der Waals surface area contributed by atoms with Gasteiger partial charge in [0.1, 0.15) is 0 Å². The Bertz CT molecular complexity index is 3930. The minimum atomic E-state index is -0.109. The molecule has 4 nitrogen and oxygen atoms in total. The summed E-state index contributed by atoms with van der Waals surface area (Å²) in [6.07, 6.45) is 16.5. The number of hydrogen-bond donors (Lipinski definition) is 0. The van der Waals surface area contributed by atoms with Crippen molar-refractivity contribution < 1.29 is 19.1 Å². The second-order valence-corrected chi connectivity index (χ2v) is 34.7. The van der Waals surface area contributed by atoms with Gasteiger partial charge in [-0.25, -0.2) is 0 Å². The molecule has 4 atom stereocenters. The van der Waals surface area contributed by atoms with Gasteiger partial charge in [-0.3, -0.25) is 9.59 Å². The van der Waals surface area contributed by atoms with Crippen LogP contribution in [0.15, 0.2) is 167 Å². The predicted octanol–water partition coefficient (Wildman–Crippen LogP) is 25.3. The summed E-state index contributed by atoms with van der Waals surface area (Å²) < 4.78 is 12.0. The maximum Gasteiger partial charge on any atom is 0.305 e. The number of allylic oxidation sites excluding steroid dienone is 2. The number of hydrogen-bond acceptors (Lipinski definition) is 16. The number of rotatable bonds is 28. The van der Waals surface area contributed by atoms with Crippen LogP contribution in [-0.2, 0) is 31.9 Å². The van der Waals surface area contributed by atoms with E-state index in [1.165, 1.54) is 109 Å². The van der Waals surface area contributed by atoms with Crippen LogP contribution in [0.3, 0.4) is 0 Å². The van der Waals surface area contributed by atoms with Gasteiger partial charge in [-0.1, -0.05) is 62.1 Å². The Morgan fingerprint density at radius 1 is 0.333 bits per heavy atom. The van der Waals surface area contributed by atoms with Crippen molar-refractivity contribution in [3.63, 3.8) is 0 Å². The van der Waals surface area contributed by atoms with Crippen molar-refractivity contribution in [3.8, 4) is 97.5 Å². The third kappa shape index (κ3) is 14.0. The molecule has 1 fully saturated rings. The summed E-state index contributed by atoms with van der Waals surface area (Å²) >= 11 is 22.4. The maximum absolute atomic E-state index is 13.2. The molecule has 16 heteroatoms. The van der Waals surface area contributed by atoms with E-state index in [9.17, 15) is 9.59 Å². The lowest BCUT2D eigenvalue weighted by Gasteiger charge is -2.27. The third-order valence-electron chi connectivity index (χ3n) is 16.6. The van der Waals surface area contributed by atoms with Gasteiger partial charge < -0.3 is 9.47 Å². The van der Waals surface area contributed by atoms with Gasteiger partial charge in [-0.05, 0) is 199 Å². The van der Waals surface area contributed by atoms with E-state index in [0.717, 1.165) is 70.6 Å². The van der Waals surface area contributed by atoms with Crippen molar-refractivity contribution in [2.75, 3.05) is 13.2 Å². The first-order valence-corrected chi connectivity index (χ1v) is 40.0. The molecular weight excluding hydrogens is 1300 g/mol. The van der Waals surface area contributed by atoms with Gasteiger partial charge >= 0.3 is 11.9 Å². The van der Waals surface area contributed by atoms with Gasteiger partial charge in [0.25, 0.3) is 0 Å². The summed E-state index contributed by atoms with van der Waals surface area (Å²) in [5.74, 6) is 0.914. The van der Waals surface area contributed by atoms with Gasteiger partial charge in [0.2, 0.25) is 0 Å². The Hall–Kier alpha value is -4.92. The molecule has 0 spiro atoms. The average Bonchev–Trinajstić information content (AvgIpc) is 3.41. The Labute approximate surface area is 557 Å². The lowest BCUT2D eigenvalue weighted by molar-refractivity contribution is -0.150. The molecule has 0 aromatic carbocycles. The molecule has 2 aliphatic rings. The Morgan fingerprint density at radius 2 is 0.632 bits per heavy atom. The summed E-state index contributed by atoms with van der Waals surface area (Å²) in [5.41, 5.74) is 2.84. The summed E-state index contributed by atoms with van der Waals surface area (Å²) in [4.78, 5) is 53.1. The van der Waals surface area contributed by atoms with Gasteiger partial charge in [0.05, 0.1) is 13.2 Å². The van der Waals surface area contributed by atoms with Crippen LogP contribution < -0.4 is 0 Å². The van der Waals surface area contributed by atoms with Gasteiger partial charge in [0, 0.05) is 122 Å². The number of thiophene rings is 12. The highest BCUT2D eigenvalue weighted by Crippen LogP contribution is 2.51. The van der Waals surface area contributed by atoms with Gasteiger partial charge in [-0.2, -0.15) is 0 Å². The average molecular weight is 1360 g/mol. The van der Waals surface area contributed by atoms with Crippen molar-refractivity contribution in [2.24, 2.45) is 23.7 Å². The van der Waals surface area contributed by atoms with Crippen LogP contribution in [0.25, 0.3) is 97.5 Å². The Morgan fingerprint density at radius 3 is 0.966 bits per heavy atom. The molecular formula is C71H62O4S12. The highest BCUT2D eigenvalue weighted by atomic mass is 32.1. The summed E-state index contributed by atoms with van der Waals surface area (Å²) in [7, 11) is 0. The molecule has 0 unspecified atom stereocenters. The van der Waals surface area contributed by atoms with Crippen molar-refractivity contribution in [2.45, 2.75) is 83.5 Å². The number of carbonyl (C=O) groups is 2. The number of esters is 2. The lowest BCUT2D eigenvalue weighted by Crippen LogP contribution is -2.30. The van der Waals surface area contributed by atoms with E-state index in [4.69, 9.17) is 9.47 Å². The molecule has 442 valence electrons. The molecule has 12 aromatic rings. The van der Waals surface area contributed by atoms with Crippen LogP contribution in [0.2, 0.25) is 0 Å². The van der Waals surface area contributed by atoms with E-state index >= 15 is 0 Å². The maximum atomic E-state index is 13.2. The third-order valence-corrected chi connectivity index (χ3v) is 30.8. The van der Waals surface area contributed by atoms with Crippen LogP contribution in [0.5, 0.6) is 0 Å². The molecule has 0 N–H and O–H groups in total. The molecule has 12 aromatic heterocycles. The number of carbonyl (C=O) groups excluding carboxylic acids is 2. The summed E-state index contributed by atoms with van der Waals surface area (Å²) in [6.45, 7) is 0.801. The highest BCUT2D eigenvalue weighted by molar-refractivity contribution is 7.32. The van der Waals surface area contributed by atoms with E-state index in [0.29, 0.717) is 37.9 Å². The van der Waals surface area contributed by atoms with Crippen LogP contribution in [-0.4, -0.2) is 25.2 Å². The standard InChI is InChI=1S/C71H62O4S12/c72-68(19-7-3-1-5-13-46-40-66(62-29-25-56(82-62)52-17-11-37-78-52)86-70(46)64-33-31-60(84-64)58-27-23-54(80-58)50-15-9-35-76-50)74-42-48-44-21-22-45(39-44)49(48)43-75-69(73)20-8-4-2-6-14-47-41-67(63-30-26-57(83-63)53-18-12-38-79-53)87-71(47)65-34-32-61(85-65)59-28-24-55(81-59)51-16-10-36-77-51/h9-12,15-18,21-38,40-41,44-45,48-49H,1-8,13-14,19-20,39,42-43H2/t44-,45+,48-,49+. The van der Waals surface area contributed by atoms with Crippen molar-refractivity contribution in [1.29, 1.82) is 0 Å². The monoisotopic (exact) mass is 1360 g/mol. The van der Waals surface area contributed by atoms with Gasteiger partial charge in [0.15, 0.2) is 0 Å². The van der Waals surface area contributed by atoms with Crippen LogP contribution in [0.1, 0.15) is 81.8 Å². The lowest BCUT2D eigenvalue weighted by atomic mass is 9.84. The van der Waals surface area contributed by atoms with E-state index in [1.54, 1.807) is 45.3 Å². The normalized spacial score (nSPS) is 16.2. The molecule has 0 amide bonds. The molecule has 0 saturated heterocycles. The van der Waals surface area contributed by atoms with E-state index in [-0.39, 0.29) is 23.8 Å².